The van der Waals surface area contributed by atoms with Crippen LogP contribution < -0.4 is 21.9 Å². The lowest BCUT2D eigenvalue weighted by Gasteiger charge is -2.23. The first-order chi connectivity index (χ1) is 13.8. The van der Waals surface area contributed by atoms with E-state index in [1.807, 2.05) is 6.92 Å². The summed E-state index contributed by atoms with van der Waals surface area (Å²) in [5.74, 6) is 0.135. The Morgan fingerprint density at radius 3 is 2.69 bits per heavy atom. The second-order valence-corrected chi connectivity index (χ2v) is 6.67. The zero-order valence-electron chi connectivity index (χ0n) is 16.5. The number of hydrogen-bond acceptors (Lipinski definition) is 7. The molecular formula is C19H23N5O5. The van der Waals surface area contributed by atoms with E-state index in [2.05, 4.69) is 10.1 Å². The van der Waals surface area contributed by atoms with Gasteiger partial charge in [-0.1, -0.05) is 18.5 Å². The first kappa shape index (κ1) is 20.2. The number of hydrogen-bond donors (Lipinski definition) is 2. The van der Waals surface area contributed by atoms with E-state index in [0.717, 1.165) is 6.42 Å². The number of rotatable bonds is 7. The monoisotopic (exact) mass is 401 g/mol. The second-order valence-electron chi connectivity index (χ2n) is 6.67. The van der Waals surface area contributed by atoms with Crippen LogP contribution in [0.5, 0.6) is 0 Å². The van der Waals surface area contributed by atoms with Gasteiger partial charge in [-0.05, 0) is 32.4 Å². The summed E-state index contributed by atoms with van der Waals surface area (Å²) in [5.41, 5.74) is 5.31. The van der Waals surface area contributed by atoms with Crippen LogP contribution in [0.15, 0.2) is 36.9 Å². The number of furan rings is 1. The Balaban J connectivity index is 2.18. The van der Waals surface area contributed by atoms with Crippen LogP contribution in [0, 0.1) is 13.8 Å². The molecule has 3 heterocycles. The van der Waals surface area contributed by atoms with Gasteiger partial charge in [-0.15, -0.1) is 0 Å². The largest absolute Gasteiger partial charge is 0.467 e. The molecule has 0 unspecified atom stereocenters. The molecular weight excluding hydrogens is 378 g/mol. The van der Waals surface area contributed by atoms with Crippen molar-refractivity contribution in [2.45, 2.75) is 46.7 Å². The highest BCUT2D eigenvalue weighted by molar-refractivity contribution is 6.08. The molecule has 0 bridgehead atoms. The number of nitrogens with zero attached hydrogens (tertiary/aromatic N) is 3. The highest BCUT2D eigenvalue weighted by atomic mass is 16.5. The highest BCUT2D eigenvalue weighted by Crippen LogP contribution is 2.24. The van der Waals surface area contributed by atoms with Crippen molar-refractivity contribution in [3.8, 4) is 0 Å². The molecule has 154 valence electrons. The average molecular weight is 401 g/mol. The van der Waals surface area contributed by atoms with Gasteiger partial charge in [0, 0.05) is 6.54 Å². The van der Waals surface area contributed by atoms with E-state index in [4.69, 9.17) is 14.7 Å². The zero-order valence-corrected chi connectivity index (χ0v) is 16.5. The zero-order chi connectivity index (χ0) is 21.1. The minimum atomic E-state index is -0.757. The molecule has 0 aliphatic heterocycles. The fourth-order valence-electron chi connectivity index (χ4n) is 3.11. The first-order valence-electron chi connectivity index (χ1n) is 9.24. The number of aromatic amines is 1. The number of carbonyl (C=O) groups is 1. The van der Waals surface area contributed by atoms with Gasteiger partial charge >= 0.3 is 5.69 Å². The van der Waals surface area contributed by atoms with Gasteiger partial charge in [0.05, 0.1) is 18.5 Å². The van der Waals surface area contributed by atoms with Gasteiger partial charge in [0.25, 0.3) is 11.5 Å². The van der Waals surface area contributed by atoms with Crippen molar-refractivity contribution in [2.75, 3.05) is 10.6 Å². The second kappa shape index (κ2) is 8.21. The number of nitrogen functional groups attached to an aromatic ring is 1. The molecule has 1 amide bonds. The Kier molecular flexibility index (Phi) is 5.71. The lowest BCUT2D eigenvalue weighted by Crippen LogP contribution is -2.41. The molecule has 3 N–H and O–H groups in total. The summed E-state index contributed by atoms with van der Waals surface area (Å²) in [5, 5.41) is 3.81. The van der Waals surface area contributed by atoms with E-state index in [1.54, 1.807) is 26.0 Å². The van der Waals surface area contributed by atoms with Crippen LogP contribution in [0.1, 0.15) is 47.3 Å². The molecule has 3 rings (SSSR count). The Labute approximate surface area is 165 Å². The average Bonchev–Trinajstić information content (AvgIpc) is 3.29. The number of unbranched alkanes of at least 4 members (excludes halogenated alkanes) is 1. The molecule has 0 radical (unpaired) electrons. The molecule has 0 spiro atoms. The minimum Gasteiger partial charge on any atom is -0.467 e. The van der Waals surface area contributed by atoms with Gasteiger partial charge < -0.3 is 14.7 Å². The summed E-state index contributed by atoms with van der Waals surface area (Å²) in [4.78, 5) is 41.7. The molecule has 29 heavy (non-hydrogen) atoms. The maximum atomic E-state index is 13.4. The van der Waals surface area contributed by atoms with Crippen molar-refractivity contribution in [3.05, 3.63) is 62.0 Å². The predicted molar refractivity (Wildman–Crippen MR) is 106 cm³/mol. The SMILES string of the molecule is CCCCn1c(N)c(N(Cc2ccco2)C(=O)c2c(C)noc2C)c(=O)[nH]c1=O. The van der Waals surface area contributed by atoms with Crippen LogP contribution in [0.4, 0.5) is 11.5 Å². The Hall–Kier alpha value is -3.56. The number of H-pyrrole nitrogens is 1. The smallest absolute Gasteiger partial charge is 0.330 e. The lowest BCUT2D eigenvalue weighted by atomic mass is 10.1. The fourth-order valence-corrected chi connectivity index (χ4v) is 3.11. The van der Waals surface area contributed by atoms with Crippen LogP contribution in [-0.4, -0.2) is 20.6 Å². The summed E-state index contributed by atoms with van der Waals surface area (Å²) < 4.78 is 11.7. The van der Waals surface area contributed by atoms with Gasteiger partial charge in [-0.2, -0.15) is 0 Å². The number of nitrogens with one attached hydrogen (secondary N) is 1. The maximum absolute atomic E-state index is 13.4. The van der Waals surface area contributed by atoms with Gasteiger partial charge in [0.15, 0.2) is 5.69 Å². The molecule has 3 aromatic heterocycles. The van der Waals surface area contributed by atoms with Crippen molar-refractivity contribution in [1.82, 2.24) is 14.7 Å². The quantitative estimate of drug-likeness (QED) is 0.616. The van der Waals surface area contributed by atoms with Crippen molar-refractivity contribution < 1.29 is 13.7 Å². The molecule has 3 aromatic rings. The lowest BCUT2D eigenvalue weighted by molar-refractivity contribution is 0.0981. The van der Waals surface area contributed by atoms with E-state index in [0.29, 0.717) is 30.2 Å². The van der Waals surface area contributed by atoms with Gasteiger partial charge in [-0.25, -0.2) is 4.79 Å². The molecule has 0 aliphatic carbocycles. The summed E-state index contributed by atoms with van der Waals surface area (Å²) >= 11 is 0. The third kappa shape index (κ3) is 3.86. The van der Waals surface area contributed by atoms with E-state index in [1.165, 1.54) is 15.7 Å². The van der Waals surface area contributed by atoms with Crippen LogP contribution in [0.2, 0.25) is 0 Å². The normalized spacial score (nSPS) is 11.0. The maximum Gasteiger partial charge on any atom is 0.330 e. The van der Waals surface area contributed by atoms with Gasteiger partial charge in [0.2, 0.25) is 0 Å². The van der Waals surface area contributed by atoms with E-state index in [-0.39, 0.29) is 23.6 Å². The van der Waals surface area contributed by atoms with Crippen molar-refractivity contribution >= 4 is 17.4 Å². The van der Waals surface area contributed by atoms with Crippen molar-refractivity contribution in [2.24, 2.45) is 0 Å². The molecule has 0 fully saturated rings. The van der Waals surface area contributed by atoms with Crippen molar-refractivity contribution in [1.29, 1.82) is 0 Å². The number of aromatic nitrogens is 3. The first-order valence-corrected chi connectivity index (χ1v) is 9.24. The molecule has 0 aliphatic rings. The van der Waals surface area contributed by atoms with Gasteiger partial charge in [0.1, 0.15) is 22.9 Å². The molecule has 0 atom stereocenters. The summed E-state index contributed by atoms with van der Waals surface area (Å²) in [6, 6.07) is 3.34. The number of anilines is 2. The standard InChI is InChI=1S/C19H23N5O5/c1-4-5-8-23-16(20)15(17(25)21-19(23)27)24(10-13-7-6-9-28-13)18(26)14-11(2)22-29-12(14)3/h6-7,9H,4-5,8,10,20H2,1-3H3,(H,21,25,27). The molecule has 0 saturated carbocycles. The third-order valence-electron chi connectivity index (χ3n) is 4.61. The number of carbonyl (C=O) groups excluding carboxylic acids is 1. The molecule has 0 aromatic carbocycles. The summed E-state index contributed by atoms with van der Waals surface area (Å²) in [6.45, 7) is 5.46. The molecule has 10 nitrogen and oxygen atoms in total. The fraction of sp³-hybridized carbons (Fsp3) is 0.368. The predicted octanol–water partition coefficient (Wildman–Crippen LogP) is 1.96. The number of aryl methyl sites for hydroxylation is 2. The van der Waals surface area contributed by atoms with Crippen LogP contribution in [0.25, 0.3) is 0 Å². The van der Waals surface area contributed by atoms with Crippen LogP contribution >= 0.6 is 0 Å². The minimum absolute atomic E-state index is 0.0604. The third-order valence-corrected chi connectivity index (χ3v) is 4.61. The Morgan fingerprint density at radius 2 is 2.10 bits per heavy atom. The van der Waals surface area contributed by atoms with Crippen LogP contribution in [0.3, 0.4) is 0 Å². The molecule has 10 heteroatoms. The van der Waals surface area contributed by atoms with E-state index in [9.17, 15) is 14.4 Å². The summed E-state index contributed by atoms with van der Waals surface area (Å²) in [6.07, 6.45) is 2.98. The van der Waals surface area contributed by atoms with E-state index >= 15 is 0 Å². The Morgan fingerprint density at radius 1 is 1.34 bits per heavy atom. The van der Waals surface area contributed by atoms with E-state index < -0.39 is 17.2 Å². The van der Waals surface area contributed by atoms with Crippen LogP contribution in [-0.2, 0) is 13.1 Å². The number of nitrogens with two attached hydrogens (primary N) is 1. The summed E-state index contributed by atoms with van der Waals surface area (Å²) in [7, 11) is 0. The number of amides is 1. The molecule has 0 saturated heterocycles. The topological polar surface area (TPSA) is 140 Å². The van der Waals surface area contributed by atoms with Gasteiger partial charge in [-0.3, -0.25) is 24.0 Å². The van der Waals surface area contributed by atoms with Crippen molar-refractivity contribution in [3.63, 3.8) is 0 Å². The highest BCUT2D eigenvalue weighted by Gasteiger charge is 2.30. The Bertz CT molecular complexity index is 1100.